The molecule has 4 heterocycles. The number of benzene rings is 1. The van der Waals surface area contributed by atoms with Crippen molar-refractivity contribution in [2.24, 2.45) is 0 Å². The third-order valence-electron chi connectivity index (χ3n) is 5.31. The first-order chi connectivity index (χ1) is 15.5. The van der Waals surface area contributed by atoms with Gasteiger partial charge in [0, 0.05) is 30.8 Å². The maximum atomic E-state index is 12.6. The Morgan fingerprint density at radius 1 is 1.19 bits per heavy atom. The fourth-order valence-electron chi connectivity index (χ4n) is 3.54. The summed E-state index contributed by atoms with van der Waals surface area (Å²) < 4.78 is 1.76. The number of amides is 2. The number of pyridine rings is 1. The lowest BCUT2D eigenvalue weighted by molar-refractivity contribution is -0.133. The van der Waals surface area contributed by atoms with E-state index in [1.807, 2.05) is 41.8 Å². The summed E-state index contributed by atoms with van der Waals surface area (Å²) in [7, 11) is 0. The highest BCUT2D eigenvalue weighted by molar-refractivity contribution is 7.12. The van der Waals surface area contributed by atoms with Gasteiger partial charge >= 0.3 is 0 Å². The van der Waals surface area contributed by atoms with Crippen LogP contribution >= 0.6 is 22.9 Å². The van der Waals surface area contributed by atoms with Crippen molar-refractivity contribution in [2.45, 2.75) is 13.0 Å². The molecule has 2 amide bonds. The van der Waals surface area contributed by atoms with E-state index in [4.69, 9.17) is 11.6 Å². The van der Waals surface area contributed by atoms with Crippen LogP contribution < -0.4 is 10.6 Å². The Bertz CT molecular complexity index is 1330. The first-order valence-corrected chi connectivity index (χ1v) is 11.2. The highest BCUT2D eigenvalue weighted by Crippen LogP contribution is 2.27. The average molecular weight is 467 g/mol. The first-order valence-electron chi connectivity index (χ1n) is 9.98. The van der Waals surface area contributed by atoms with Crippen LogP contribution in [0.3, 0.4) is 0 Å². The molecule has 0 saturated carbocycles. The molecule has 2 N–H and O–H groups in total. The van der Waals surface area contributed by atoms with Gasteiger partial charge in [-0.15, -0.1) is 11.3 Å². The van der Waals surface area contributed by atoms with E-state index in [1.54, 1.807) is 22.0 Å². The van der Waals surface area contributed by atoms with E-state index in [2.05, 4.69) is 20.7 Å². The molecule has 10 heteroatoms. The summed E-state index contributed by atoms with van der Waals surface area (Å²) in [5.74, 6) is 0.546. The zero-order valence-corrected chi connectivity index (χ0v) is 18.7. The number of likely N-dealkylation sites (tertiary alicyclic amines) is 1. The van der Waals surface area contributed by atoms with Crippen molar-refractivity contribution in [3.63, 3.8) is 0 Å². The molecule has 4 aromatic rings. The van der Waals surface area contributed by atoms with E-state index < -0.39 is 0 Å². The number of carbonyl (C=O) groups is 2. The molecule has 0 radical (unpaired) electrons. The van der Waals surface area contributed by atoms with Gasteiger partial charge in [-0.25, -0.2) is 9.67 Å². The maximum absolute atomic E-state index is 12.6. The van der Waals surface area contributed by atoms with Crippen LogP contribution in [0.5, 0.6) is 0 Å². The summed E-state index contributed by atoms with van der Waals surface area (Å²) in [6.07, 6.45) is 3.50. The highest BCUT2D eigenvalue weighted by Gasteiger charge is 2.30. The smallest absolute Gasteiger partial charge is 0.261 e. The lowest BCUT2D eigenvalue weighted by Crippen LogP contribution is -2.60. The quantitative estimate of drug-likeness (QED) is 0.466. The van der Waals surface area contributed by atoms with Crippen molar-refractivity contribution in [3.8, 4) is 5.69 Å². The molecule has 1 fully saturated rings. The molecule has 162 valence electrons. The molecule has 8 nitrogen and oxygen atoms in total. The molecule has 0 atom stereocenters. The number of nitrogens with zero attached hydrogens (tertiary/aromatic N) is 4. The van der Waals surface area contributed by atoms with Gasteiger partial charge in [-0.3, -0.25) is 9.59 Å². The average Bonchev–Trinajstić information content (AvgIpc) is 3.38. The molecule has 3 aromatic heterocycles. The molecule has 5 rings (SSSR count). The molecule has 0 unspecified atom stereocenters. The zero-order chi connectivity index (χ0) is 22.2. The van der Waals surface area contributed by atoms with Gasteiger partial charge in [0.25, 0.3) is 5.91 Å². The van der Waals surface area contributed by atoms with Gasteiger partial charge in [0.2, 0.25) is 5.91 Å². The number of carbonyl (C=O) groups excluding carboxylic acids is 2. The molecule has 0 aliphatic carbocycles. The number of hydrogen-bond acceptors (Lipinski definition) is 6. The van der Waals surface area contributed by atoms with Crippen molar-refractivity contribution in [1.82, 2.24) is 25.0 Å². The Morgan fingerprint density at radius 3 is 2.78 bits per heavy atom. The van der Waals surface area contributed by atoms with Crippen LogP contribution in [0.15, 0.2) is 54.2 Å². The van der Waals surface area contributed by atoms with Crippen molar-refractivity contribution in [2.75, 3.05) is 18.4 Å². The summed E-state index contributed by atoms with van der Waals surface area (Å²) in [6.45, 7) is 2.64. The van der Waals surface area contributed by atoms with Crippen molar-refractivity contribution in [3.05, 3.63) is 64.1 Å². The summed E-state index contributed by atoms with van der Waals surface area (Å²) in [4.78, 5) is 30.6. The molecule has 0 spiro atoms. The topological polar surface area (TPSA) is 92.2 Å². The number of rotatable bonds is 5. The van der Waals surface area contributed by atoms with E-state index >= 15 is 0 Å². The number of hydrogen-bond donors (Lipinski definition) is 2. The standard InChI is InChI=1S/C22H19ClN6O2S/c1-13(30)28-10-15(11-28)26-22(31)20-7-16(12-32-20)29-19-9-24-21(6-14(19)8-25-29)27-18-5-3-2-4-17(18)23/h2-9,12,15H,10-11H2,1H3,(H,24,27)(H,26,31). The second-order valence-corrected chi connectivity index (χ2v) is 8.87. The zero-order valence-electron chi connectivity index (χ0n) is 17.1. The molecular formula is C22H19ClN6O2S. The van der Waals surface area contributed by atoms with Crippen molar-refractivity contribution in [1.29, 1.82) is 0 Å². The van der Waals surface area contributed by atoms with Gasteiger partial charge in [0.05, 0.1) is 45.2 Å². The minimum Gasteiger partial charge on any atom is -0.345 e. The minimum atomic E-state index is -0.143. The lowest BCUT2D eigenvalue weighted by Gasteiger charge is -2.38. The summed E-state index contributed by atoms with van der Waals surface area (Å²) in [5.41, 5.74) is 2.40. The molecule has 1 aromatic carbocycles. The largest absolute Gasteiger partial charge is 0.345 e. The number of thiophene rings is 1. The Balaban J connectivity index is 1.31. The van der Waals surface area contributed by atoms with Crippen LogP contribution in [0.4, 0.5) is 11.5 Å². The van der Waals surface area contributed by atoms with E-state index in [0.717, 1.165) is 22.3 Å². The summed E-state index contributed by atoms with van der Waals surface area (Å²) in [6, 6.07) is 11.2. The summed E-state index contributed by atoms with van der Waals surface area (Å²) in [5, 5.41) is 14.1. The second-order valence-electron chi connectivity index (χ2n) is 7.55. The number of fused-ring (bicyclic) bond motifs is 1. The highest BCUT2D eigenvalue weighted by atomic mass is 35.5. The van der Waals surface area contributed by atoms with Gasteiger partial charge in [0.1, 0.15) is 5.82 Å². The fraction of sp³-hybridized carbons (Fsp3) is 0.182. The van der Waals surface area contributed by atoms with Crippen LogP contribution in [0, 0.1) is 0 Å². The van der Waals surface area contributed by atoms with E-state index in [0.29, 0.717) is 28.8 Å². The lowest BCUT2D eigenvalue weighted by atomic mass is 10.1. The second kappa shape index (κ2) is 8.25. The van der Waals surface area contributed by atoms with Gasteiger partial charge < -0.3 is 15.5 Å². The van der Waals surface area contributed by atoms with Gasteiger partial charge in [-0.1, -0.05) is 23.7 Å². The van der Waals surface area contributed by atoms with Gasteiger partial charge in [-0.05, 0) is 24.3 Å². The first kappa shape index (κ1) is 20.5. The van der Waals surface area contributed by atoms with Crippen molar-refractivity contribution >= 4 is 57.2 Å². The predicted octanol–water partition coefficient (Wildman–Crippen LogP) is 3.84. The maximum Gasteiger partial charge on any atom is 0.261 e. The van der Waals surface area contributed by atoms with Crippen LogP contribution in [0.25, 0.3) is 16.6 Å². The number of para-hydroxylation sites is 1. The van der Waals surface area contributed by atoms with Crippen LogP contribution in [-0.2, 0) is 4.79 Å². The van der Waals surface area contributed by atoms with Gasteiger partial charge in [0.15, 0.2) is 0 Å². The van der Waals surface area contributed by atoms with E-state index in [9.17, 15) is 9.59 Å². The van der Waals surface area contributed by atoms with Crippen LogP contribution in [0.1, 0.15) is 16.6 Å². The Labute approximate surface area is 192 Å². The van der Waals surface area contributed by atoms with Crippen LogP contribution in [-0.4, -0.2) is 50.6 Å². The number of anilines is 2. The van der Waals surface area contributed by atoms with E-state index in [-0.39, 0.29) is 17.9 Å². The Hall–Kier alpha value is -3.43. The number of halogens is 1. The number of nitrogens with one attached hydrogen (secondary N) is 2. The predicted molar refractivity (Wildman–Crippen MR) is 125 cm³/mol. The molecule has 1 saturated heterocycles. The summed E-state index contributed by atoms with van der Waals surface area (Å²) >= 11 is 7.57. The molecule has 1 aliphatic rings. The normalized spacial score (nSPS) is 13.8. The molecule has 0 bridgehead atoms. The SMILES string of the molecule is CC(=O)N1CC(NC(=O)c2cc(-n3ncc4cc(Nc5ccccc5Cl)ncc43)cs2)C1. The number of aromatic nitrogens is 3. The fourth-order valence-corrected chi connectivity index (χ4v) is 4.49. The molecular weight excluding hydrogens is 448 g/mol. The third-order valence-corrected chi connectivity index (χ3v) is 6.55. The van der Waals surface area contributed by atoms with E-state index in [1.165, 1.54) is 18.3 Å². The third kappa shape index (κ3) is 3.92. The monoisotopic (exact) mass is 466 g/mol. The van der Waals surface area contributed by atoms with Crippen LogP contribution in [0.2, 0.25) is 5.02 Å². The Morgan fingerprint density at radius 2 is 2.00 bits per heavy atom. The minimum absolute atomic E-state index is 0.00396. The molecule has 1 aliphatic heterocycles. The van der Waals surface area contributed by atoms with Crippen molar-refractivity contribution < 1.29 is 9.59 Å². The molecule has 32 heavy (non-hydrogen) atoms. The Kier molecular flexibility index (Phi) is 5.28. The van der Waals surface area contributed by atoms with Gasteiger partial charge in [-0.2, -0.15) is 5.10 Å².